The number of ketones is 2. The van der Waals surface area contributed by atoms with Crippen LogP contribution in [0.15, 0.2) is 291 Å². The predicted octanol–water partition coefficient (Wildman–Crippen LogP) is 20.2. The van der Waals surface area contributed by atoms with Crippen molar-refractivity contribution < 1.29 is 100 Å². The molecule has 0 aliphatic carbocycles. The molecule has 0 spiro atoms. The molecule has 0 bridgehead atoms. The number of carbonyl (C=O) groups excluding carboxylic acids is 2. The molecule has 12 rings (SSSR count). The summed E-state index contributed by atoms with van der Waals surface area (Å²) in [5, 5.41) is 16.7. The minimum absolute atomic E-state index is 0. The van der Waals surface area contributed by atoms with Crippen LogP contribution < -0.4 is 0 Å². The summed E-state index contributed by atoms with van der Waals surface area (Å²) in [6.07, 6.45) is 10.0. The van der Waals surface area contributed by atoms with Crippen LogP contribution in [-0.2, 0) is 90.0 Å². The van der Waals surface area contributed by atoms with Gasteiger partial charge in [0.15, 0.2) is 11.6 Å². The van der Waals surface area contributed by atoms with E-state index in [9.17, 15) is 9.59 Å². The number of hydrogen-bond donors (Lipinski definition) is 2. The normalized spacial score (nSPS) is 10.1. The van der Waals surface area contributed by atoms with Crippen molar-refractivity contribution in [3.8, 4) is 89.5 Å². The van der Waals surface area contributed by atoms with E-state index in [2.05, 4.69) is 169 Å². The summed E-state index contributed by atoms with van der Waals surface area (Å²) in [5.41, 5.74) is 22.4. The summed E-state index contributed by atoms with van der Waals surface area (Å²) in [4.78, 5) is 38.1. The molecule has 0 unspecified atom stereocenters. The Kier molecular flexibility index (Phi) is 36.1. The zero-order chi connectivity index (χ0) is 64.0. The van der Waals surface area contributed by atoms with Gasteiger partial charge in [-0.15, -0.1) is 144 Å². The van der Waals surface area contributed by atoms with Crippen molar-refractivity contribution in [1.29, 1.82) is 0 Å². The summed E-state index contributed by atoms with van der Waals surface area (Å²) < 4.78 is 0. The molecule has 0 saturated carbocycles. The Labute approximate surface area is 609 Å². The van der Waals surface area contributed by atoms with Gasteiger partial charge in [-0.2, -0.15) is 0 Å². The fraction of sp³-hybridized carbons (Fsp3) is 0.0976. The molecular formula is C82H72Ir4N4O4-4. The first-order valence-corrected chi connectivity index (χ1v) is 29.3. The van der Waals surface area contributed by atoms with Gasteiger partial charge in [-0.1, -0.05) is 168 Å². The molecule has 0 aliphatic heterocycles. The van der Waals surface area contributed by atoms with Gasteiger partial charge in [0.25, 0.3) is 0 Å². The van der Waals surface area contributed by atoms with Gasteiger partial charge in [0.2, 0.25) is 0 Å². The number of aryl methyl sites for hydroxylation is 4. The number of pyridine rings is 4. The van der Waals surface area contributed by atoms with E-state index in [0.717, 1.165) is 67.3 Å². The summed E-state index contributed by atoms with van der Waals surface area (Å²) in [5.74, 6) is -0.125. The molecule has 8 nitrogen and oxygen atoms in total. The predicted molar refractivity (Wildman–Crippen MR) is 369 cm³/mol. The fourth-order valence-electron chi connectivity index (χ4n) is 9.24. The van der Waals surface area contributed by atoms with E-state index in [1.165, 1.54) is 84.4 Å². The molecule has 0 aliphatic rings. The van der Waals surface area contributed by atoms with Crippen molar-refractivity contribution in [3.63, 3.8) is 0 Å². The van der Waals surface area contributed by atoms with Crippen molar-refractivity contribution in [3.05, 3.63) is 338 Å². The molecule has 484 valence electrons. The Morgan fingerprint density at radius 3 is 0.713 bits per heavy atom. The molecule has 0 amide bonds. The van der Waals surface area contributed by atoms with E-state index in [1.54, 1.807) is 0 Å². The van der Waals surface area contributed by atoms with Crippen molar-refractivity contribution in [2.24, 2.45) is 0 Å². The van der Waals surface area contributed by atoms with Crippen molar-refractivity contribution in [1.82, 2.24) is 19.9 Å². The molecule has 4 heterocycles. The molecule has 0 fully saturated rings. The second-order valence-corrected chi connectivity index (χ2v) is 21.1. The average molecular weight is 1950 g/mol. The maximum absolute atomic E-state index is 10.0. The van der Waals surface area contributed by atoms with Crippen molar-refractivity contribution >= 4 is 11.6 Å². The third-order valence-electron chi connectivity index (χ3n) is 13.1. The summed E-state index contributed by atoms with van der Waals surface area (Å²) >= 11 is 0. The fourth-order valence-corrected chi connectivity index (χ4v) is 9.24. The van der Waals surface area contributed by atoms with Crippen LogP contribution in [0.1, 0.15) is 49.9 Å². The Morgan fingerprint density at radius 2 is 0.532 bits per heavy atom. The third kappa shape index (κ3) is 27.5. The quantitative estimate of drug-likeness (QED) is 0.0788. The van der Waals surface area contributed by atoms with Gasteiger partial charge < -0.3 is 30.1 Å². The maximum atomic E-state index is 10.0. The molecule has 2 N–H and O–H groups in total. The number of aliphatic hydroxyl groups excluding tert-OH is 2. The summed E-state index contributed by atoms with van der Waals surface area (Å²) in [6, 6.07) is 94.6. The van der Waals surface area contributed by atoms with Gasteiger partial charge in [0.1, 0.15) is 0 Å². The number of hydrogen-bond acceptors (Lipinski definition) is 8. The molecule has 12 aromatic rings. The Morgan fingerprint density at radius 1 is 0.298 bits per heavy atom. The van der Waals surface area contributed by atoms with Crippen LogP contribution >= 0.6 is 0 Å². The molecule has 94 heavy (non-hydrogen) atoms. The Bertz CT molecular complexity index is 3760. The van der Waals surface area contributed by atoms with Gasteiger partial charge in [-0.25, -0.2) is 0 Å². The zero-order valence-corrected chi connectivity index (χ0v) is 63.0. The third-order valence-corrected chi connectivity index (χ3v) is 13.1. The molecule has 8 aromatic carbocycles. The molecule has 4 aromatic heterocycles. The number of rotatable bonds is 10. The first-order valence-electron chi connectivity index (χ1n) is 29.3. The summed E-state index contributed by atoms with van der Waals surface area (Å²) in [6.45, 7) is 14.2. The van der Waals surface area contributed by atoms with Crippen LogP contribution in [0.4, 0.5) is 0 Å². The van der Waals surface area contributed by atoms with Gasteiger partial charge in [-0.3, -0.25) is 9.59 Å². The molecule has 0 saturated heterocycles. The average Bonchev–Trinajstić information content (AvgIpc) is 0.967. The summed E-state index contributed by atoms with van der Waals surface area (Å²) in [7, 11) is 0. The Balaban J connectivity index is 0.000000302. The van der Waals surface area contributed by atoms with Crippen molar-refractivity contribution in [2.75, 3.05) is 0 Å². The van der Waals surface area contributed by atoms with E-state index in [-0.39, 0.29) is 104 Å². The van der Waals surface area contributed by atoms with E-state index in [0.29, 0.717) is 0 Å². The van der Waals surface area contributed by atoms with Crippen molar-refractivity contribution in [2.45, 2.75) is 55.4 Å². The second kappa shape index (κ2) is 42.6. The number of aromatic nitrogens is 4. The molecule has 12 heteroatoms. The minimum Gasteiger partial charge on any atom is -0.512 e. The number of benzene rings is 8. The number of carbonyl (C=O) groups is 2. The van der Waals surface area contributed by atoms with Crippen LogP contribution in [0.25, 0.3) is 89.5 Å². The van der Waals surface area contributed by atoms with Gasteiger partial charge in [0.05, 0.1) is 11.5 Å². The number of allylic oxidation sites excluding steroid dienone is 4. The van der Waals surface area contributed by atoms with Crippen LogP contribution in [0.3, 0.4) is 0 Å². The first kappa shape index (κ1) is 79.6. The minimum atomic E-state index is -0.125. The first-order chi connectivity index (χ1) is 43.6. The van der Waals surface area contributed by atoms with E-state index in [4.69, 9.17) is 10.2 Å². The Hall–Kier alpha value is -8.62. The zero-order valence-electron chi connectivity index (χ0n) is 53.4. The smallest absolute Gasteiger partial charge is 0.155 e. The standard InChI is InChI=1S/2C19H16N.2C17H12N.2C5H8O2.4Ir/c2*1-14-10-15(2)12-18(11-14)17-8-9-19(20-13-17)16-6-4-3-5-7-16;2*1-3-7-14(8-4-1)16-11-12-17(18-13-16)15-9-5-2-6-10-15;2*1-4(6)3-5(2)7;;;;/h2*3-6,8-13H,1-2H3;2*1-9,11-13H;2*3,6H,1-2H3;;;;/q4*-1;;;;;;. The SMILES string of the molecule is CC(=O)C=C(C)O.CC(=O)C=C(C)O.Cc1cc(C)cc(-c2ccc(-c3[c-]cccc3)nc2)c1.Cc1cc(C)cc(-c2ccc(-c3[c-]cccc3)nc2)c1.[Ir].[Ir].[Ir].[Ir].[c-]1ccccc1-c1ccc(-c2ccccc2)cn1.[c-]1ccccc1-c1ccc(-c2ccccc2)cn1. The van der Waals surface area contributed by atoms with E-state index in [1.807, 2.05) is 170 Å². The molecular weight excluding hydrogens is 1870 g/mol. The second-order valence-electron chi connectivity index (χ2n) is 21.1. The molecule has 0 atom stereocenters. The monoisotopic (exact) mass is 1950 g/mol. The van der Waals surface area contributed by atoms with Crippen LogP contribution in [0.5, 0.6) is 0 Å². The van der Waals surface area contributed by atoms with Gasteiger partial charge in [-0.05, 0) is 123 Å². The topological polar surface area (TPSA) is 126 Å². The van der Waals surface area contributed by atoms with E-state index < -0.39 is 0 Å². The number of nitrogens with zero attached hydrogens (tertiary/aromatic N) is 4. The number of aliphatic hydroxyl groups is 2. The van der Waals surface area contributed by atoms with Crippen LogP contribution in [0.2, 0.25) is 0 Å². The largest absolute Gasteiger partial charge is 0.512 e. The molecule has 4 radical (unpaired) electrons. The van der Waals surface area contributed by atoms with Gasteiger partial charge >= 0.3 is 0 Å². The van der Waals surface area contributed by atoms with Crippen LogP contribution in [-0.4, -0.2) is 41.7 Å². The van der Waals surface area contributed by atoms with Gasteiger partial charge in [0, 0.05) is 117 Å². The van der Waals surface area contributed by atoms with E-state index >= 15 is 0 Å². The maximum Gasteiger partial charge on any atom is 0.155 e. The van der Waals surface area contributed by atoms with Crippen LogP contribution in [0, 0.1) is 52.0 Å².